The highest BCUT2D eigenvalue weighted by Crippen LogP contribution is 2.05. The van der Waals surface area contributed by atoms with Crippen LogP contribution in [0.2, 0.25) is 0 Å². The van der Waals surface area contributed by atoms with Crippen molar-refractivity contribution in [3.63, 3.8) is 0 Å². The van der Waals surface area contributed by atoms with Crippen molar-refractivity contribution in [1.29, 1.82) is 0 Å². The molecule has 0 saturated heterocycles. The number of rotatable bonds is 7. The molecule has 0 aliphatic heterocycles. The molecular formula is C12H26N2. The molecule has 0 fully saturated rings. The van der Waals surface area contributed by atoms with E-state index in [2.05, 4.69) is 39.3 Å². The van der Waals surface area contributed by atoms with E-state index in [1.54, 1.807) is 0 Å². The Kier molecular flexibility index (Phi) is 6.85. The van der Waals surface area contributed by atoms with E-state index in [1.165, 1.54) is 5.57 Å². The summed E-state index contributed by atoms with van der Waals surface area (Å²) in [4.78, 5) is 2.30. The van der Waals surface area contributed by atoms with E-state index in [9.17, 15) is 0 Å². The lowest BCUT2D eigenvalue weighted by Crippen LogP contribution is -2.32. The van der Waals surface area contributed by atoms with Gasteiger partial charge in [-0.15, -0.1) is 0 Å². The number of nitrogens with zero attached hydrogens (tertiary/aromatic N) is 1. The van der Waals surface area contributed by atoms with E-state index in [4.69, 9.17) is 5.73 Å². The molecule has 0 aromatic carbocycles. The van der Waals surface area contributed by atoms with Gasteiger partial charge in [-0.1, -0.05) is 32.9 Å². The van der Waals surface area contributed by atoms with Crippen LogP contribution in [-0.2, 0) is 0 Å². The quantitative estimate of drug-likeness (QED) is 0.636. The van der Waals surface area contributed by atoms with Crippen LogP contribution >= 0.6 is 0 Å². The van der Waals surface area contributed by atoms with Crippen LogP contribution in [0.25, 0.3) is 0 Å². The fourth-order valence-electron chi connectivity index (χ4n) is 1.28. The first-order valence-electron chi connectivity index (χ1n) is 5.58. The van der Waals surface area contributed by atoms with Gasteiger partial charge in [0.05, 0.1) is 0 Å². The van der Waals surface area contributed by atoms with Crippen LogP contribution in [-0.4, -0.2) is 31.1 Å². The van der Waals surface area contributed by atoms with Gasteiger partial charge in [-0.3, -0.25) is 0 Å². The zero-order valence-corrected chi connectivity index (χ0v) is 10.2. The van der Waals surface area contributed by atoms with Gasteiger partial charge in [-0.25, -0.2) is 0 Å². The highest BCUT2D eigenvalue weighted by atomic mass is 15.1. The summed E-state index contributed by atoms with van der Waals surface area (Å²) in [6.45, 7) is 12.6. The van der Waals surface area contributed by atoms with Crippen molar-refractivity contribution in [1.82, 2.24) is 4.90 Å². The van der Waals surface area contributed by atoms with Crippen molar-refractivity contribution in [2.24, 2.45) is 11.7 Å². The van der Waals surface area contributed by atoms with Gasteiger partial charge in [0, 0.05) is 12.6 Å². The summed E-state index contributed by atoms with van der Waals surface area (Å²) in [5, 5.41) is 0. The zero-order chi connectivity index (χ0) is 11.1. The Labute approximate surface area is 89.2 Å². The maximum Gasteiger partial charge on any atom is 0.0187 e. The van der Waals surface area contributed by atoms with Crippen LogP contribution < -0.4 is 5.73 Å². The third kappa shape index (κ3) is 6.17. The first-order valence-corrected chi connectivity index (χ1v) is 5.58. The standard InChI is InChI=1S/C12H26N2/c1-6-11(4)9-14(5)8-7-12(13)10(2)3/h10,12H,4,6-9,13H2,1-3,5H3. The molecule has 2 N–H and O–H groups in total. The van der Waals surface area contributed by atoms with Crippen molar-refractivity contribution < 1.29 is 0 Å². The average Bonchev–Trinajstić information content (AvgIpc) is 2.13. The zero-order valence-electron chi connectivity index (χ0n) is 10.2. The molecule has 0 aliphatic rings. The lowest BCUT2D eigenvalue weighted by molar-refractivity contribution is 0.321. The molecule has 0 spiro atoms. The van der Waals surface area contributed by atoms with Gasteiger partial charge in [0.25, 0.3) is 0 Å². The van der Waals surface area contributed by atoms with Gasteiger partial charge in [0.2, 0.25) is 0 Å². The van der Waals surface area contributed by atoms with E-state index < -0.39 is 0 Å². The van der Waals surface area contributed by atoms with E-state index in [1.807, 2.05) is 0 Å². The van der Waals surface area contributed by atoms with Crippen molar-refractivity contribution in [3.8, 4) is 0 Å². The second-order valence-electron chi connectivity index (χ2n) is 4.54. The highest BCUT2D eigenvalue weighted by molar-refractivity contribution is 4.95. The second kappa shape index (κ2) is 7.02. The van der Waals surface area contributed by atoms with Gasteiger partial charge in [0.15, 0.2) is 0 Å². The Morgan fingerprint density at radius 3 is 2.43 bits per heavy atom. The molecule has 14 heavy (non-hydrogen) atoms. The van der Waals surface area contributed by atoms with Crippen LogP contribution in [0.5, 0.6) is 0 Å². The normalized spacial score (nSPS) is 13.6. The first kappa shape index (κ1) is 13.7. The third-order valence-electron chi connectivity index (χ3n) is 2.69. The van der Waals surface area contributed by atoms with Crippen molar-refractivity contribution in [2.75, 3.05) is 20.1 Å². The number of nitrogens with two attached hydrogens (primary N) is 1. The Bertz CT molecular complexity index is 164. The molecule has 2 nitrogen and oxygen atoms in total. The summed E-state index contributed by atoms with van der Waals surface area (Å²) in [7, 11) is 2.13. The van der Waals surface area contributed by atoms with Gasteiger partial charge >= 0.3 is 0 Å². The lowest BCUT2D eigenvalue weighted by Gasteiger charge is -2.21. The third-order valence-corrected chi connectivity index (χ3v) is 2.69. The van der Waals surface area contributed by atoms with Gasteiger partial charge in [-0.2, -0.15) is 0 Å². The summed E-state index contributed by atoms with van der Waals surface area (Å²) >= 11 is 0. The minimum Gasteiger partial charge on any atom is -0.327 e. The summed E-state index contributed by atoms with van der Waals surface area (Å²) < 4.78 is 0. The molecule has 0 aliphatic carbocycles. The first-order chi connectivity index (χ1) is 6.47. The molecule has 0 aromatic rings. The Balaban J connectivity index is 3.63. The summed E-state index contributed by atoms with van der Waals surface area (Å²) in [5.74, 6) is 0.581. The minimum absolute atomic E-state index is 0.326. The Morgan fingerprint density at radius 2 is 2.00 bits per heavy atom. The largest absolute Gasteiger partial charge is 0.327 e. The van der Waals surface area contributed by atoms with E-state index in [0.717, 1.165) is 25.9 Å². The lowest BCUT2D eigenvalue weighted by atomic mass is 10.0. The van der Waals surface area contributed by atoms with Gasteiger partial charge in [-0.05, 0) is 32.4 Å². The van der Waals surface area contributed by atoms with Crippen LogP contribution in [0.1, 0.15) is 33.6 Å². The van der Waals surface area contributed by atoms with Crippen LogP contribution in [0.15, 0.2) is 12.2 Å². The minimum atomic E-state index is 0.326. The molecule has 0 aromatic heterocycles. The molecule has 2 heteroatoms. The monoisotopic (exact) mass is 198 g/mol. The predicted molar refractivity (Wildman–Crippen MR) is 64.4 cm³/mol. The molecule has 0 radical (unpaired) electrons. The number of hydrogen-bond acceptors (Lipinski definition) is 2. The smallest absolute Gasteiger partial charge is 0.0187 e. The van der Waals surface area contributed by atoms with E-state index in [-0.39, 0.29) is 0 Å². The van der Waals surface area contributed by atoms with E-state index in [0.29, 0.717) is 12.0 Å². The van der Waals surface area contributed by atoms with E-state index >= 15 is 0 Å². The molecule has 84 valence electrons. The Morgan fingerprint density at radius 1 is 1.43 bits per heavy atom. The van der Waals surface area contributed by atoms with Crippen LogP contribution in [0, 0.1) is 5.92 Å². The van der Waals surface area contributed by atoms with Crippen molar-refractivity contribution in [2.45, 2.75) is 39.7 Å². The Hall–Kier alpha value is -0.340. The maximum atomic E-state index is 5.98. The highest BCUT2D eigenvalue weighted by Gasteiger charge is 2.08. The maximum absolute atomic E-state index is 5.98. The van der Waals surface area contributed by atoms with Crippen LogP contribution in [0.4, 0.5) is 0 Å². The summed E-state index contributed by atoms with van der Waals surface area (Å²) in [5.41, 5.74) is 7.28. The fourth-order valence-corrected chi connectivity index (χ4v) is 1.28. The second-order valence-corrected chi connectivity index (χ2v) is 4.54. The predicted octanol–water partition coefficient (Wildman–Crippen LogP) is 2.26. The summed E-state index contributed by atoms with van der Waals surface area (Å²) in [6.07, 6.45) is 2.14. The summed E-state index contributed by atoms with van der Waals surface area (Å²) in [6, 6.07) is 0.326. The number of hydrogen-bond donors (Lipinski definition) is 1. The van der Waals surface area contributed by atoms with Gasteiger partial charge in [0.1, 0.15) is 0 Å². The molecule has 0 rings (SSSR count). The molecule has 0 heterocycles. The molecule has 0 amide bonds. The van der Waals surface area contributed by atoms with Gasteiger partial charge < -0.3 is 10.6 Å². The SMILES string of the molecule is C=C(CC)CN(C)CCC(N)C(C)C. The molecule has 1 atom stereocenters. The van der Waals surface area contributed by atoms with Crippen molar-refractivity contribution in [3.05, 3.63) is 12.2 Å². The topological polar surface area (TPSA) is 29.3 Å². The fraction of sp³-hybridized carbons (Fsp3) is 0.833. The average molecular weight is 198 g/mol. The molecule has 1 unspecified atom stereocenters. The molecule has 0 bridgehead atoms. The van der Waals surface area contributed by atoms with Crippen molar-refractivity contribution >= 4 is 0 Å². The molecule has 0 saturated carbocycles. The molecular weight excluding hydrogens is 172 g/mol. The van der Waals surface area contributed by atoms with Crippen LogP contribution in [0.3, 0.4) is 0 Å². The number of likely N-dealkylation sites (N-methyl/N-ethyl adjacent to an activating group) is 1.